The van der Waals surface area contributed by atoms with Crippen LogP contribution in [0, 0.1) is 12.8 Å². The molecule has 0 aliphatic carbocycles. The standard InChI is InChI=1S/C14H20O/c1-10(2)12-7-8-15-9-14-11(3)5-4-6-13(12)14/h4-6,10,12H,7-9H2,1-3H3. The predicted octanol–water partition coefficient (Wildman–Crippen LogP) is 3.65. The van der Waals surface area contributed by atoms with E-state index in [1.54, 1.807) is 0 Å². The van der Waals surface area contributed by atoms with Gasteiger partial charge >= 0.3 is 0 Å². The van der Waals surface area contributed by atoms with Gasteiger partial charge in [-0.05, 0) is 41.9 Å². The topological polar surface area (TPSA) is 9.23 Å². The molecule has 1 aliphatic rings. The van der Waals surface area contributed by atoms with Gasteiger partial charge in [0, 0.05) is 6.61 Å². The molecule has 1 nitrogen and oxygen atoms in total. The van der Waals surface area contributed by atoms with E-state index in [0.29, 0.717) is 11.8 Å². The number of aryl methyl sites for hydroxylation is 1. The molecule has 1 unspecified atom stereocenters. The van der Waals surface area contributed by atoms with Gasteiger partial charge in [-0.1, -0.05) is 32.0 Å². The average molecular weight is 204 g/mol. The van der Waals surface area contributed by atoms with Crippen molar-refractivity contribution < 1.29 is 4.74 Å². The molecule has 0 spiro atoms. The van der Waals surface area contributed by atoms with Gasteiger partial charge in [0.25, 0.3) is 0 Å². The fraction of sp³-hybridized carbons (Fsp3) is 0.571. The summed E-state index contributed by atoms with van der Waals surface area (Å²) in [6, 6.07) is 6.64. The van der Waals surface area contributed by atoms with Crippen molar-refractivity contribution in [1.82, 2.24) is 0 Å². The molecule has 0 amide bonds. The molecule has 0 N–H and O–H groups in total. The van der Waals surface area contributed by atoms with Crippen LogP contribution in [0.15, 0.2) is 18.2 Å². The first-order chi connectivity index (χ1) is 7.20. The Morgan fingerprint density at radius 2 is 2.13 bits per heavy atom. The lowest BCUT2D eigenvalue weighted by Gasteiger charge is -2.21. The lowest BCUT2D eigenvalue weighted by molar-refractivity contribution is 0.119. The van der Waals surface area contributed by atoms with Gasteiger partial charge in [0.05, 0.1) is 6.61 Å². The van der Waals surface area contributed by atoms with Crippen molar-refractivity contribution in [3.63, 3.8) is 0 Å². The van der Waals surface area contributed by atoms with E-state index in [0.717, 1.165) is 19.6 Å². The van der Waals surface area contributed by atoms with Crippen molar-refractivity contribution in [2.24, 2.45) is 5.92 Å². The highest BCUT2D eigenvalue weighted by atomic mass is 16.5. The van der Waals surface area contributed by atoms with E-state index in [1.165, 1.54) is 16.7 Å². The van der Waals surface area contributed by atoms with E-state index in [4.69, 9.17) is 4.74 Å². The molecule has 0 saturated carbocycles. The molecule has 2 rings (SSSR count). The zero-order chi connectivity index (χ0) is 10.8. The van der Waals surface area contributed by atoms with Crippen molar-refractivity contribution in [3.05, 3.63) is 34.9 Å². The second kappa shape index (κ2) is 4.36. The lowest BCUT2D eigenvalue weighted by atomic mass is 9.83. The number of rotatable bonds is 1. The summed E-state index contributed by atoms with van der Waals surface area (Å²) < 4.78 is 5.68. The zero-order valence-corrected chi connectivity index (χ0v) is 9.92. The Kier molecular flexibility index (Phi) is 3.11. The second-order valence-corrected chi connectivity index (χ2v) is 4.83. The summed E-state index contributed by atoms with van der Waals surface area (Å²) in [7, 11) is 0. The van der Waals surface area contributed by atoms with Crippen molar-refractivity contribution in [2.75, 3.05) is 6.61 Å². The summed E-state index contributed by atoms with van der Waals surface area (Å²) in [5.41, 5.74) is 4.32. The Hall–Kier alpha value is -0.820. The molecule has 0 fully saturated rings. The minimum Gasteiger partial charge on any atom is -0.377 e. The van der Waals surface area contributed by atoms with Crippen LogP contribution in [0.5, 0.6) is 0 Å². The second-order valence-electron chi connectivity index (χ2n) is 4.83. The molecule has 15 heavy (non-hydrogen) atoms. The first-order valence-electron chi connectivity index (χ1n) is 5.86. The van der Waals surface area contributed by atoms with Crippen LogP contribution in [-0.4, -0.2) is 6.61 Å². The van der Waals surface area contributed by atoms with E-state index in [9.17, 15) is 0 Å². The van der Waals surface area contributed by atoms with E-state index < -0.39 is 0 Å². The van der Waals surface area contributed by atoms with Crippen LogP contribution in [0.2, 0.25) is 0 Å². The zero-order valence-electron chi connectivity index (χ0n) is 9.92. The molecule has 0 bridgehead atoms. The van der Waals surface area contributed by atoms with Crippen LogP contribution in [-0.2, 0) is 11.3 Å². The van der Waals surface area contributed by atoms with Gasteiger partial charge in [0.1, 0.15) is 0 Å². The quantitative estimate of drug-likeness (QED) is 0.678. The maximum atomic E-state index is 5.68. The number of ether oxygens (including phenoxy) is 1. The minimum absolute atomic E-state index is 0.669. The molecule has 82 valence electrons. The molecule has 1 aromatic rings. The predicted molar refractivity (Wildman–Crippen MR) is 63.0 cm³/mol. The monoisotopic (exact) mass is 204 g/mol. The van der Waals surface area contributed by atoms with Gasteiger partial charge in [-0.25, -0.2) is 0 Å². The molecule has 0 radical (unpaired) electrons. The van der Waals surface area contributed by atoms with Crippen LogP contribution in [0.1, 0.15) is 42.9 Å². The summed E-state index contributed by atoms with van der Waals surface area (Å²) in [6.45, 7) is 8.50. The Bertz CT molecular complexity index is 341. The van der Waals surface area contributed by atoms with Gasteiger partial charge in [-0.3, -0.25) is 0 Å². The van der Waals surface area contributed by atoms with E-state index in [2.05, 4.69) is 39.0 Å². The van der Waals surface area contributed by atoms with Crippen molar-refractivity contribution in [1.29, 1.82) is 0 Å². The highest BCUT2D eigenvalue weighted by Crippen LogP contribution is 2.34. The molecule has 0 saturated heterocycles. The molecule has 0 aromatic heterocycles. The molecular weight excluding hydrogens is 184 g/mol. The molecule has 1 atom stereocenters. The number of hydrogen-bond acceptors (Lipinski definition) is 1. The summed E-state index contributed by atoms with van der Waals surface area (Å²) in [5.74, 6) is 1.37. The maximum absolute atomic E-state index is 5.68. The number of benzene rings is 1. The third-order valence-electron chi connectivity index (χ3n) is 3.47. The molecule has 1 heteroatoms. The molecule has 1 aromatic carbocycles. The third-order valence-corrected chi connectivity index (χ3v) is 3.47. The normalized spacial score (nSPS) is 21.2. The Labute approximate surface area is 92.5 Å². The first-order valence-corrected chi connectivity index (χ1v) is 5.86. The Morgan fingerprint density at radius 1 is 1.33 bits per heavy atom. The van der Waals surface area contributed by atoms with Gasteiger partial charge in [-0.15, -0.1) is 0 Å². The van der Waals surface area contributed by atoms with Gasteiger partial charge in [0.2, 0.25) is 0 Å². The first kappa shape index (κ1) is 10.7. The highest BCUT2D eigenvalue weighted by molar-refractivity contribution is 5.37. The summed E-state index contributed by atoms with van der Waals surface area (Å²) >= 11 is 0. The summed E-state index contributed by atoms with van der Waals surface area (Å²) in [6.07, 6.45) is 1.16. The van der Waals surface area contributed by atoms with Crippen LogP contribution in [0.25, 0.3) is 0 Å². The van der Waals surface area contributed by atoms with Gasteiger partial charge < -0.3 is 4.74 Å². The fourth-order valence-electron chi connectivity index (χ4n) is 2.50. The van der Waals surface area contributed by atoms with Gasteiger partial charge in [-0.2, -0.15) is 0 Å². The fourth-order valence-corrected chi connectivity index (χ4v) is 2.50. The summed E-state index contributed by atoms with van der Waals surface area (Å²) in [4.78, 5) is 0. The number of hydrogen-bond donors (Lipinski definition) is 0. The molecule has 1 heterocycles. The highest BCUT2D eigenvalue weighted by Gasteiger charge is 2.22. The molecular formula is C14H20O. The maximum Gasteiger partial charge on any atom is 0.0722 e. The largest absolute Gasteiger partial charge is 0.377 e. The van der Waals surface area contributed by atoms with Crippen molar-refractivity contribution in [2.45, 2.75) is 39.7 Å². The van der Waals surface area contributed by atoms with E-state index in [-0.39, 0.29) is 0 Å². The van der Waals surface area contributed by atoms with E-state index in [1.807, 2.05) is 0 Å². The third kappa shape index (κ3) is 2.07. The SMILES string of the molecule is Cc1cccc2c1COCCC2C(C)C. The lowest BCUT2D eigenvalue weighted by Crippen LogP contribution is -2.08. The van der Waals surface area contributed by atoms with Crippen LogP contribution >= 0.6 is 0 Å². The van der Waals surface area contributed by atoms with Crippen molar-refractivity contribution in [3.8, 4) is 0 Å². The summed E-state index contributed by atoms with van der Waals surface area (Å²) in [5, 5.41) is 0. The van der Waals surface area contributed by atoms with Crippen LogP contribution in [0.3, 0.4) is 0 Å². The molecule has 1 aliphatic heterocycles. The Morgan fingerprint density at radius 3 is 2.87 bits per heavy atom. The van der Waals surface area contributed by atoms with E-state index >= 15 is 0 Å². The Balaban J connectivity index is 2.45. The van der Waals surface area contributed by atoms with Gasteiger partial charge in [0.15, 0.2) is 0 Å². The smallest absolute Gasteiger partial charge is 0.0722 e. The average Bonchev–Trinajstić information content (AvgIpc) is 2.40. The van der Waals surface area contributed by atoms with Crippen molar-refractivity contribution >= 4 is 0 Å². The van der Waals surface area contributed by atoms with Crippen LogP contribution in [0.4, 0.5) is 0 Å². The number of fused-ring (bicyclic) bond motifs is 1. The van der Waals surface area contributed by atoms with Crippen LogP contribution < -0.4 is 0 Å². The minimum atomic E-state index is 0.669.